The summed E-state index contributed by atoms with van der Waals surface area (Å²) in [6.07, 6.45) is 5.75. The molecule has 0 saturated heterocycles. The van der Waals surface area contributed by atoms with E-state index >= 15 is 0 Å². The van der Waals surface area contributed by atoms with E-state index in [1.54, 1.807) is 6.07 Å². The molecule has 2 N–H and O–H groups in total. The molecule has 2 aromatic rings. The van der Waals surface area contributed by atoms with Gasteiger partial charge in [-0.15, -0.1) is 0 Å². The Morgan fingerprint density at radius 1 is 1.08 bits per heavy atom. The highest BCUT2D eigenvalue weighted by Crippen LogP contribution is 2.32. The van der Waals surface area contributed by atoms with Crippen LogP contribution in [-0.4, -0.2) is 5.78 Å². The van der Waals surface area contributed by atoms with Crippen molar-refractivity contribution in [2.24, 2.45) is 0 Å². The first kappa shape index (κ1) is 18.8. The normalized spacial score (nSPS) is 14.3. The fourth-order valence-electron chi connectivity index (χ4n) is 2.94. The molecule has 1 heterocycles. The molecule has 3 rings (SSSR count). The quantitative estimate of drug-likeness (QED) is 0.630. The van der Waals surface area contributed by atoms with Crippen molar-refractivity contribution in [2.75, 3.05) is 0 Å². The molecule has 0 aliphatic carbocycles. The first-order valence-corrected chi connectivity index (χ1v) is 9.20. The van der Waals surface area contributed by atoms with Crippen LogP contribution in [0.25, 0.3) is 0 Å². The third kappa shape index (κ3) is 3.75. The number of ketones is 1. The molecule has 1 aliphatic heterocycles. The molecule has 1 atom stereocenters. The summed E-state index contributed by atoms with van der Waals surface area (Å²) in [6.45, 7) is 4.10. The lowest BCUT2D eigenvalue weighted by Crippen LogP contribution is -2.30. The molecule has 0 bridgehead atoms. The Morgan fingerprint density at radius 2 is 1.77 bits per heavy atom. The Balaban J connectivity index is 2.01. The number of hydrogen-bond donors (Lipinski definition) is 2. The van der Waals surface area contributed by atoms with Crippen molar-refractivity contribution in [1.29, 1.82) is 0 Å². The summed E-state index contributed by atoms with van der Waals surface area (Å²) in [4.78, 5) is 13.0. The van der Waals surface area contributed by atoms with Crippen LogP contribution in [0.3, 0.4) is 0 Å². The summed E-state index contributed by atoms with van der Waals surface area (Å²) in [5, 5.41) is 0.882. The van der Waals surface area contributed by atoms with Crippen molar-refractivity contribution in [3.05, 3.63) is 91.7 Å². The standard InChI is InChI=1S/C20H17Cl3N2O/c1-11-5-6-13(8-15(11)12(2)18-4-3-7-24-25-18)20(26)19-16(22)9-14(21)10-17(19)23/h3-10,12,24-25H,1-2H3. The van der Waals surface area contributed by atoms with Crippen LogP contribution >= 0.6 is 34.8 Å². The third-order valence-corrected chi connectivity index (χ3v) is 5.19. The van der Waals surface area contributed by atoms with E-state index in [2.05, 4.69) is 17.8 Å². The maximum atomic E-state index is 13.0. The molecule has 0 aromatic heterocycles. The van der Waals surface area contributed by atoms with Gasteiger partial charge in [-0.25, -0.2) is 0 Å². The van der Waals surface area contributed by atoms with E-state index in [9.17, 15) is 4.79 Å². The zero-order valence-electron chi connectivity index (χ0n) is 14.2. The maximum Gasteiger partial charge on any atom is 0.196 e. The number of nitrogens with one attached hydrogen (secondary N) is 2. The monoisotopic (exact) mass is 406 g/mol. The van der Waals surface area contributed by atoms with Crippen molar-refractivity contribution >= 4 is 40.6 Å². The lowest BCUT2D eigenvalue weighted by Gasteiger charge is -2.22. The number of rotatable bonds is 4. The molecule has 2 aromatic carbocycles. The number of hydrogen-bond acceptors (Lipinski definition) is 3. The number of carbonyl (C=O) groups excluding carboxylic acids is 1. The van der Waals surface area contributed by atoms with Crippen LogP contribution in [0.2, 0.25) is 15.1 Å². The number of benzene rings is 2. The van der Waals surface area contributed by atoms with Crippen LogP contribution in [0.1, 0.15) is 39.9 Å². The Kier molecular flexibility index (Phi) is 5.61. The second-order valence-electron chi connectivity index (χ2n) is 6.12. The smallest absolute Gasteiger partial charge is 0.196 e. The first-order valence-electron chi connectivity index (χ1n) is 8.06. The van der Waals surface area contributed by atoms with Gasteiger partial charge in [-0.2, -0.15) is 0 Å². The number of hydrazine groups is 1. The predicted octanol–water partition coefficient (Wildman–Crippen LogP) is 5.80. The van der Waals surface area contributed by atoms with Crippen LogP contribution < -0.4 is 10.9 Å². The summed E-state index contributed by atoms with van der Waals surface area (Å²) in [5.41, 5.74) is 10.1. The van der Waals surface area contributed by atoms with Gasteiger partial charge in [0.1, 0.15) is 0 Å². The van der Waals surface area contributed by atoms with E-state index in [-0.39, 0.29) is 27.3 Å². The van der Waals surface area contributed by atoms with Gasteiger partial charge in [-0.1, -0.05) is 53.9 Å². The minimum Gasteiger partial charge on any atom is -0.308 e. The molecular formula is C20H17Cl3N2O. The van der Waals surface area contributed by atoms with Crippen LogP contribution in [0.4, 0.5) is 0 Å². The van der Waals surface area contributed by atoms with Gasteiger partial charge in [0.15, 0.2) is 5.78 Å². The van der Waals surface area contributed by atoms with Crippen molar-refractivity contribution in [1.82, 2.24) is 10.9 Å². The number of halogens is 3. The topological polar surface area (TPSA) is 41.1 Å². The van der Waals surface area contributed by atoms with Gasteiger partial charge in [0.2, 0.25) is 0 Å². The summed E-state index contributed by atoms with van der Waals surface area (Å²) in [7, 11) is 0. The average molecular weight is 408 g/mol. The highest BCUT2D eigenvalue weighted by atomic mass is 35.5. The summed E-state index contributed by atoms with van der Waals surface area (Å²) < 4.78 is 0. The Labute approximate surface area is 167 Å². The molecule has 3 nitrogen and oxygen atoms in total. The fraction of sp³-hybridized carbons (Fsp3) is 0.150. The van der Waals surface area contributed by atoms with Crippen LogP contribution in [0, 0.1) is 6.92 Å². The van der Waals surface area contributed by atoms with Gasteiger partial charge in [0, 0.05) is 28.4 Å². The van der Waals surface area contributed by atoms with Gasteiger partial charge in [0.05, 0.1) is 15.6 Å². The van der Waals surface area contributed by atoms with Crippen molar-refractivity contribution < 1.29 is 4.79 Å². The van der Waals surface area contributed by atoms with Gasteiger partial charge in [-0.3, -0.25) is 4.79 Å². The molecule has 6 heteroatoms. The Hall–Kier alpha value is -1.94. The Morgan fingerprint density at radius 3 is 2.38 bits per heavy atom. The molecule has 0 saturated carbocycles. The van der Waals surface area contributed by atoms with Crippen LogP contribution in [0.5, 0.6) is 0 Å². The maximum absolute atomic E-state index is 13.0. The molecule has 0 fully saturated rings. The Bertz CT molecular complexity index is 912. The zero-order valence-corrected chi connectivity index (χ0v) is 16.5. The SMILES string of the molecule is Cc1ccc(C(=O)c2c(Cl)cc(Cl)cc2Cl)cc1C(C)C1=CC=CNN1. The highest BCUT2D eigenvalue weighted by Gasteiger charge is 2.21. The first-order chi connectivity index (χ1) is 12.4. The van der Waals surface area contributed by atoms with E-state index in [0.717, 1.165) is 16.8 Å². The van der Waals surface area contributed by atoms with E-state index < -0.39 is 0 Å². The summed E-state index contributed by atoms with van der Waals surface area (Å²) in [6, 6.07) is 8.66. The number of allylic oxidation sites excluding steroid dienone is 3. The van der Waals surface area contributed by atoms with E-state index in [4.69, 9.17) is 34.8 Å². The van der Waals surface area contributed by atoms with E-state index in [1.165, 1.54) is 12.1 Å². The largest absolute Gasteiger partial charge is 0.308 e. The summed E-state index contributed by atoms with van der Waals surface area (Å²) >= 11 is 18.4. The molecule has 26 heavy (non-hydrogen) atoms. The fourth-order valence-corrected chi connectivity index (χ4v) is 3.93. The predicted molar refractivity (Wildman–Crippen MR) is 108 cm³/mol. The molecule has 0 amide bonds. The van der Waals surface area contributed by atoms with Gasteiger partial charge >= 0.3 is 0 Å². The third-order valence-electron chi connectivity index (χ3n) is 4.38. The average Bonchev–Trinajstić information content (AvgIpc) is 2.61. The van der Waals surface area contributed by atoms with E-state index in [1.807, 2.05) is 37.4 Å². The highest BCUT2D eigenvalue weighted by molar-refractivity contribution is 6.43. The van der Waals surface area contributed by atoms with Gasteiger partial charge in [0.25, 0.3) is 0 Å². The van der Waals surface area contributed by atoms with Gasteiger partial charge in [-0.05, 0) is 48.4 Å². The van der Waals surface area contributed by atoms with Crippen molar-refractivity contribution in [3.63, 3.8) is 0 Å². The second-order valence-corrected chi connectivity index (χ2v) is 7.37. The molecule has 1 unspecified atom stereocenters. The second kappa shape index (κ2) is 7.75. The lowest BCUT2D eigenvalue weighted by atomic mass is 9.90. The minimum atomic E-state index is -0.228. The van der Waals surface area contributed by atoms with E-state index in [0.29, 0.717) is 10.6 Å². The van der Waals surface area contributed by atoms with Crippen LogP contribution in [-0.2, 0) is 0 Å². The number of carbonyl (C=O) groups is 1. The minimum absolute atomic E-state index is 0.0800. The lowest BCUT2D eigenvalue weighted by molar-refractivity contribution is 0.103. The molecule has 1 aliphatic rings. The molecular weight excluding hydrogens is 391 g/mol. The van der Waals surface area contributed by atoms with Crippen molar-refractivity contribution in [3.8, 4) is 0 Å². The number of aryl methyl sites for hydroxylation is 1. The summed E-state index contributed by atoms with van der Waals surface area (Å²) in [5.74, 6) is -0.148. The molecule has 134 valence electrons. The van der Waals surface area contributed by atoms with Gasteiger partial charge < -0.3 is 10.9 Å². The van der Waals surface area contributed by atoms with Crippen LogP contribution in [0.15, 0.2) is 54.4 Å². The zero-order chi connectivity index (χ0) is 18.8. The molecule has 0 spiro atoms. The molecule has 0 radical (unpaired) electrons. The van der Waals surface area contributed by atoms with Crippen molar-refractivity contribution in [2.45, 2.75) is 19.8 Å².